The fourth-order valence-corrected chi connectivity index (χ4v) is 2.57. The van der Waals surface area contributed by atoms with Crippen LogP contribution in [0.25, 0.3) is 0 Å². The third-order valence-electron chi connectivity index (χ3n) is 3.63. The Bertz CT molecular complexity index is 512. The largest absolute Gasteiger partial charge is 0.348 e. The number of aryl methyl sites for hydroxylation is 1. The predicted molar refractivity (Wildman–Crippen MR) is 74.7 cm³/mol. The number of carbonyl (C=O) groups is 1. The van der Waals surface area contributed by atoms with Crippen molar-refractivity contribution in [2.75, 3.05) is 6.54 Å². The molecule has 1 aromatic heterocycles. The lowest BCUT2D eigenvalue weighted by atomic mass is 10.0. The minimum Gasteiger partial charge on any atom is -0.348 e. The van der Waals surface area contributed by atoms with E-state index in [1.807, 2.05) is 6.92 Å². The van der Waals surface area contributed by atoms with Crippen molar-refractivity contribution in [3.05, 3.63) is 28.1 Å². The van der Waals surface area contributed by atoms with E-state index in [4.69, 9.17) is 0 Å². The summed E-state index contributed by atoms with van der Waals surface area (Å²) in [6.07, 6.45) is 3.16. The van der Waals surface area contributed by atoms with Crippen molar-refractivity contribution in [1.82, 2.24) is 15.2 Å². The van der Waals surface area contributed by atoms with Crippen LogP contribution >= 0.6 is 0 Å². The zero-order valence-electron chi connectivity index (χ0n) is 11.8. The Morgan fingerprint density at radius 3 is 3.00 bits per heavy atom. The second kappa shape index (κ2) is 6.04. The lowest BCUT2D eigenvalue weighted by molar-refractivity contribution is -0.384. The minimum absolute atomic E-state index is 0.0457. The van der Waals surface area contributed by atoms with Crippen LogP contribution in [0.5, 0.6) is 0 Å². The van der Waals surface area contributed by atoms with E-state index in [9.17, 15) is 14.9 Å². The van der Waals surface area contributed by atoms with Gasteiger partial charge in [0.2, 0.25) is 0 Å². The Balaban J connectivity index is 2.10. The Kier molecular flexibility index (Phi) is 4.39. The van der Waals surface area contributed by atoms with Gasteiger partial charge in [0.15, 0.2) is 0 Å². The summed E-state index contributed by atoms with van der Waals surface area (Å²) >= 11 is 0. The zero-order chi connectivity index (χ0) is 14.7. The first-order valence-corrected chi connectivity index (χ1v) is 6.90. The van der Waals surface area contributed by atoms with E-state index < -0.39 is 4.92 Å². The quantitative estimate of drug-likeness (QED) is 0.642. The molecule has 2 heterocycles. The number of nitrogens with one attached hydrogen (secondary N) is 2. The number of hydrogen-bond acceptors (Lipinski definition) is 4. The molecule has 0 aromatic carbocycles. The normalized spacial score (nSPS) is 22.5. The fraction of sp³-hybridized carbons (Fsp3) is 0.615. The average molecular weight is 280 g/mol. The maximum absolute atomic E-state index is 12.3. The highest BCUT2D eigenvalue weighted by atomic mass is 16.6. The summed E-state index contributed by atoms with van der Waals surface area (Å²) in [7, 11) is 0. The van der Waals surface area contributed by atoms with E-state index in [1.165, 1.54) is 12.3 Å². The molecule has 0 radical (unpaired) electrons. The highest BCUT2D eigenvalue weighted by Crippen LogP contribution is 2.17. The van der Waals surface area contributed by atoms with Crippen molar-refractivity contribution in [2.45, 2.75) is 45.3 Å². The lowest BCUT2D eigenvalue weighted by Gasteiger charge is -2.28. The van der Waals surface area contributed by atoms with E-state index in [2.05, 4.69) is 17.6 Å². The van der Waals surface area contributed by atoms with Crippen molar-refractivity contribution in [2.24, 2.45) is 0 Å². The van der Waals surface area contributed by atoms with Crippen LogP contribution in [-0.2, 0) is 6.54 Å². The van der Waals surface area contributed by atoms with Gasteiger partial charge >= 0.3 is 0 Å². The maximum atomic E-state index is 12.3. The topological polar surface area (TPSA) is 89.2 Å². The van der Waals surface area contributed by atoms with Crippen molar-refractivity contribution in [3.63, 3.8) is 0 Å². The summed E-state index contributed by atoms with van der Waals surface area (Å²) < 4.78 is 1.61. The van der Waals surface area contributed by atoms with Gasteiger partial charge in [0.1, 0.15) is 5.69 Å². The molecule has 1 fully saturated rings. The number of aromatic nitrogens is 1. The molecule has 2 rings (SSSR count). The Morgan fingerprint density at radius 1 is 1.65 bits per heavy atom. The SMILES string of the molecule is CCn1cc([N+](=O)[O-])cc1C(=O)NC1CCNC(C)C1. The van der Waals surface area contributed by atoms with Gasteiger partial charge in [0.25, 0.3) is 11.6 Å². The molecule has 0 saturated carbocycles. The summed E-state index contributed by atoms with van der Waals surface area (Å²) in [5, 5.41) is 17.1. The molecule has 0 aliphatic carbocycles. The van der Waals surface area contributed by atoms with Crippen LogP contribution in [0, 0.1) is 10.1 Å². The summed E-state index contributed by atoms with van der Waals surface area (Å²) in [5.74, 6) is -0.237. The van der Waals surface area contributed by atoms with Gasteiger partial charge in [-0.2, -0.15) is 0 Å². The molecule has 0 bridgehead atoms. The lowest BCUT2D eigenvalue weighted by Crippen LogP contribution is -2.46. The predicted octanol–water partition coefficient (Wildman–Crippen LogP) is 1.29. The summed E-state index contributed by atoms with van der Waals surface area (Å²) in [5.41, 5.74) is 0.307. The molecule has 2 atom stereocenters. The summed E-state index contributed by atoms with van der Waals surface area (Å²) in [4.78, 5) is 22.6. The van der Waals surface area contributed by atoms with Crippen LogP contribution < -0.4 is 10.6 Å². The summed E-state index contributed by atoms with van der Waals surface area (Å²) in [6, 6.07) is 1.84. The maximum Gasteiger partial charge on any atom is 0.287 e. The second-order valence-electron chi connectivity index (χ2n) is 5.18. The molecule has 1 aliphatic rings. The molecule has 1 amide bonds. The van der Waals surface area contributed by atoms with Gasteiger partial charge in [-0.05, 0) is 33.2 Å². The molecule has 7 nitrogen and oxygen atoms in total. The van der Waals surface area contributed by atoms with Crippen molar-refractivity contribution < 1.29 is 9.72 Å². The van der Waals surface area contributed by atoms with Crippen LogP contribution in [-0.4, -0.2) is 34.0 Å². The van der Waals surface area contributed by atoms with Gasteiger partial charge in [0, 0.05) is 24.7 Å². The van der Waals surface area contributed by atoms with E-state index >= 15 is 0 Å². The Hall–Kier alpha value is -1.89. The highest BCUT2D eigenvalue weighted by molar-refractivity contribution is 5.93. The number of piperidine rings is 1. The first-order valence-electron chi connectivity index (χ1n) is 6.90. The van der Waals surface area contributed by atoms with E-state index in [1.54, 1.807) is 4.57 Å². The smallest absolute Gasteiger partial charge is 0.287 e. The van der Waals surface area contributed by atoms with Crippen LogP contribution in [0.4, 0.5) is 5.69 Å². The zero-order valence-corrected chi connectivity index (χ0v) is 11.8. The average Bonchev–Trinajstić information content (AvgIpc) is 2.83. The molecule has 1 saturated heterocycles. The molecule has 1 aliphatic heterocycles. The molecule has 0 spiro atoms. The number of rotatable bonds is 4. The van der Waals surface area contributed by atoms with Crippen molar-refractivity contribution in [3.8, 4) is 0 Å². The van der Waals surface area contributed by atoms with Gasteiger partial charge in [-0.15, -0.1) is 0 Å². The molecule has 7 heteroatoms. The molecular formula is C13H20N4O3. The fourth-order valence-electron chi connectivity index (χ4n) is 2.57. The van der Waals surface area contributed by atoms with Gasteiger partial charge < -0.3 is 15.2 Å². The third-order valence-corrected chi connectivity index (χ3v) is 3.63. The molecule has 2 N–H and O–H groups in total. The molecular weight excluding hydrogens is 260 g/mol. The van der Waals surface area contributed by atoms with Gasteiger partial charge in [0.05, 0.1) is 11.1 Å². The van der Waals surface area contributed by atoms with Gasteiger partial charge in [-0.1, -0.05) is 0 Å². The van der Waals surface area contributed by atoms with Crippen LogP contribution in [0.2, 0.25) is 0 Å². The summed E-state index contributed by atoms with van der Waals surface area (Å²) in [6.45, 7) is 5.34. The molecule has 20 heavy (non-hydrogen) atoms. The molecule has 110 valence electrons. The van der Waals surface area contributed by atoms with Crippen molar-refractivity contribution >= 4 is 11.6 Å². The first-order chi connectivity index (χ1) is 9.51. The van der Waals surface area contributed by atoms with Gasteiger partial charge in [-0.3, -0.25) is 14.9 Å². The van der Waals surface area contributed by atoms with Crippen molar-refractivity contribution in [1.29, 1.82) is 0 Å². The number of nitro groups is 1. The number of nitrogens with zero attached hydrogens (tertiary/aromatic N) is 2. The van der Waals surface area contributed by atoms with E-state index in [0.29, 0.717) is 18.3 Å². The number of hydrogen-bond donors (Lipinski definition) is 2. The van der Waals surface area contributed by atoms with Crippen LogP contribution in [0.15, 0.2) is 12.3 Å². The van der Waals surface area contributed by atoms with Crippen LogP contribution in [0.1, 0.15) is 37.2 Å². The van der Waals surface area contributed by atoms with E-state index in [-0.39, 0.29) is 17.6 Å². The monoisotopic (exact) mass is 280 g/mol. The minimum atomic E-state index is -0.477. The van der Waals surface area contributed by atoms with Crippen LogP contribution in [0.3, 0.4) is 0 Å². The van der Waals surface area contributed by atoms with Gasteiger partial charge in [-0.25, -0.2) is 0 Å². The standard InChI is InChI=1S/C13H20N4O3/c1-3-16-8-11(17(19)20)7-12(16)13(18)15-10-4-5-14-9(2)6-10/h7-10,14H,3-6H2,1-2H3,(H,15,18). The second-order valence-corrected chi connectivity index (χ2v) is 5.18. The number of carbonyl (C=O) groups excluding carboxylic acids is 1. The first kappa shape index (κ1) is 14.5. The molecule has 1 aromatic rings. The highest BCUT2D eigenvalue weighted by Gasteiger charge is 2.23. The molecule has 2 unspecified atom stereocenters. The Morgan fingerprint density at radius 2 is 2.40 bits per heavy atom. The number of amides is 1. The third kappa shape index (κ3) is 3.16. The Labute approximate surface area is 117 Å². The van der Waals surface area contributed by atoms with E-state index in [0.717, 1.165) is 19.4 Å².